The van der Waals surface area contributed by atoms with Gasteiger partial charge in [-0.3, -0.25) is 9.59 Å². The van der Waals surface area contributed by atoms with Gasteiger partial charge in [-0.05, 0) is 29.8 Å². The maximum absolute atomic E-state index is 12.4. The number of hydrogen-bond acceptors (Lipinski definition) is 3. The van der Waals surface area contributed by atoms with Crippen molar-refractivity contribution in [1.82, 2.24) is 10.6 Å². The Kier molecular flexibility index (Phi) is 6.78. The van der Waals surface area contributed by atoms with Crippen LogP contribution in [0.1, 0.15) is 15.9 Å². The smallest absolute Gasteiger partial charge is 0.251 e. The first-order valence-electron chi connectivity index (χ1n) is 7.68. The molecule has 1 atom stereocenters. The van der Waals surface area contributed by atoms with Crippen molar-refractivity contribution >= 4 is 23.4 Å². The first kappa shape index (κ1) is 18.0. The molecule has 4 N–H and O–H groups in total. The highest BCUT2D eigenvalue weighted by Crippen LogP contribution is 2.10. The molecule has 1 unspecified atom stereocenters. The van der Waals surface area contributed by atoms with E-state index in [4.69, 9.17) is 17.3 Å². The molecule has 0 bridgehead atoms. The van der Waals surface area contributed by atoms with Gasteiger partial charge in [0.2, 0.25) is 5.91 Å². The summed E-state index contributed by atoms with van der Waals surface area (Å²) in [7, 11) is 0. The Morgan fingerprint density at radius 3 is 2.33 bits per heavy atom. The van der Waals surface area contributed by atoms with E-state index in [0.717, 1.165) is 5.56 Å². The van der Waals surface area contributed by atoms with Gasteiger partial charge in [0.15, 0.2) is 0 Å². The second-order valence-electron chi connectivity index (χ2n) is 5.30. The van der Waals surface area contributed by atoms with E-state index in [0.29, 0.717) is 30.1 Å². The van der Waals surface area contributed by atoms with Crippen LogP contribution in [0.3, 0.4) is 0 Å². The van der Waals surface area contributed by atoms with Crippen molar-refractivity contribution in [3.8, 4) is 0 Å². The molecule has 126 valence electrons. The third-order valence-electron chi connectivity index (χ3n) is 3.45. The summed E-state index contributed by atoms with van der Waals surface area (Å²) in [4.78, 5) is 24.7. The number of rotatable bonds is 7. The van der Waals surface area contributed by atoms with Crippen molar-refractivity contribution < 1.29 is 9.59 Å². The van der Waals surface area contributed by atoms with Crippen LogP contribution in [0.4, 0.5) is 0 Å². The minimum Gasteiger partial charge on any atom is -0.353 e. The molecular weight excluding hydrogens is 326 g/mol. The van der Waals surface area contributed by atoms with Crippen LogP contribution in [0.2, 0.25) is 5.02 Å². The molecule has 0 saturated carbocycles. The summed E-state index contributed by atoms with van der Waals surface area (Å²) in [6, 6.07) is 15.4. The molecule has 24 heavy (non-hydrogen) atoms. The van der Waals surface area contributed by atoms with E-state index in [1.807, 2.05) is 30.3 Å². The van der Waals surface area contributed by atoms with E-state index in [1.54, 1.807) is 24.3 Å². The summed E-state index contributed by atoms with van der Waals surface area (Å²) in [6.07, 6.45) is 0.399. The van der Waals surface area contributed by atoms with Crippen LogP contribution in [-0.4, -0.2) is 30.9 Å². The molecule has 0 aliphatic heterocycles. The van der Waals surface area contributed by atoms with Crippen LogP contribution in [0.25, 0.3) is 0 Å². The summed E-state index contributed by atoms with van der Waals surface area (Å²) < 4.78 is 0. The second-order valence-corrected chi connectivity index (χ2v) is 5.74. The quantitative estimate of drug-likeness (QED) is 0.715. The van der Waals surface area contributed by atoms with Gasteiger partial charge < -0.3 is 16.4 Å². The van der Waals surface area contributed by atoms with Crippen molar-refractivity contribution in [1.29, 1.82) is 0 Å². The summed E-state index contributed by atoms with van der Waals surface area (Å²) in [5, 5.41) is 6.04. The molecule has 0 radical (unpaired) electrons. The Bertz CT molecular complexity index is 674. The highest BCUT2D eigenvalue weighted by molar-refractivity contribution is 6.30. The van der Waals surface area contributed by atoms with Gasteiger partial charge in [0.25, 0.3) is 5.91 Å². The van der Waals surface area contributed by atoms with Crippen LogP contribution in [-0.2, 0) is 11.2 Å². The molecule has 0 fully saturated rings. The van der Waals surface area contributed by atoms with Crippen molar-refractivity contribution in [3.63, 3.8) is 0 Å². The number of hydrogen-bond donors (Lipinski definition) is 3. The third-order valence-corrected chi connectivity index (χ3v) is 3.71. The average molecular weight is 346 g/mol. The van der Waals surface area contributed by atoms with Gasteiger partial charge in [0.1, 0.15) is 6.04 Å². The fraction of sp³-hybridized carbons (Fsp3) is 0.222. The Balaban J connectivity index is 2.10. The lowest BCUT2D eigenvalue weighted by molar-refractivity contribution is -0.122. The van der Waals surface area contributed by atoms with Crippen molar-refractivity contribution in [2.24, 2.45) is 5.73 Å². The van der Waals surface area contributed by atoms with Gasteiger partial charge in [-0.25, -0.2) is 0 Å². The first-order valence-corrected chi connectivity index (χ1v) is 8.06. The third kappa shape index (κ3) is 5.37. The Labute approximate surface area is 146 Å². The Hall–Kier alpha value is -2.37. The number of carbonyl (C=O) groups is 2. The summed E-state index contributed by atoms with van der Waals surface area (Å²) in [5.74, 6) is -0.581. The summed E-state index contributed by atoms with van der Waals surface area (Å²) in [6.45, 7) is 0.704. The normalized spacial score (nSPS) is 11.6. The number of amides is 2. The van der Waals surface area contributed by atoms with Crippen molar-refractivity contribution in [2.75, 3.05) is 13.1 Å². The lowest BCUT2D eigenvalue weighted by atomic mass is 10.0. The van der Waals surface area contributed by atoms with E-state index in [2.05, 4.69) is 10.6 Å². The van der Waals surface area contributed by atoms with Crippen molar-refractivity contribution in [3.05, 3.63) is 70.7 Å². The van der Waals surface area contributed by atoms with E-state index in [1.165, 1.54) is 0 Å². The number of nitrogens with one attached hydrogen (secondary N) is 2. The lowest BCUT2D eigenvalue weighted by Gasteiger charge is -2.18. The van der Waals surface area contributed by atoms with Crippen molar-refractivity contribution in [2.45, 2.75) is 12.5 Å². The van der Waals surface area contributed by atoms with Crippen LogP contribution in [0, 0.1) is 0 Å². The average Bonchev–Trinajstić information content (AvgIpc) is 2.60. The zero-order valence-electron chi connectivity index (χ0n) is 13.2. The van der Waals surface area contributed by atoms with Crippen LogP contribution >= 0.6 is 11.6 Å². The number of nitrogens with two attached hydrogens (primary N) is 1. The highest BCUT2D eigenvalue weighted by atomic mass is 35.5. The predicted molar refractivity (Wildman–Crippen MR) is 94.9 cm³/mol. The van der Waals surface area contributed by atoms with Gasteiger partial charge in [0, 0.05) is 30.1 Å². The maximum atomic E-state index is 12.4. The zero-order chi connectivity index (χ0) is 17.4. The fourth-order valence-corrected chi connectivity index (χ4v) is 2.35. The molecular formula is C18H20ClN3O2. The topological polar surface area (TPSA) is 84.2 Å². The minimum absolute atomic E-state index is 0.258. The molecule has 0 aliphatic rings. The fourth-order valence-electron chi connectivity index (χ4n) is 2.22. The Morgan fingerprint density at radius 1 is 1.04 bits per heavy atom. The monoisotopic (exact) mass is 345 g/mol. The molecule has 6 heteroatoms. The van der Waals surface area contributed by atoms with Gasteiger partial charge in [-0.2, -0.15) is 0 Å². The molecule has 2 amide bonds. The van der Waals surface area contributed by atoms with Gasteiger partial charge in [-0.15, -0.1) is 0 Å². The van der Waals surface area contributed by atoms with Gasteiger partial charge in [-0.1, -0.05) is 41.9 Å². The van der Waals surface area contributed by atoms with E-state index >= 15 is 0 Å². The number of benzene rings is 2. The van der Waals surface area contributed by atoms with Crippen LogP contribution in [0.5, 0.6) is 0 Å². The molecule has 0 saturated heterocycles. The second kappa shape index (κ2) is 9.05. The maximum Gasteiger partial charge on any atom is 0.251 e. The van der Waals surface area contributed by atoms with E-state index < -0.39 is 6.04 Å². The van der Waals surface area contributed by atoms with Gasteiger partial charge >= 0.3 is 0 Å². The summed E-state index contributed by atoms with van der Waals surface area (Å²) in [5.41, 5.74) is 6.83. The number of halogens is 1. The minimum atomic E-state index is -0.679. The molecule has 0 aromatic heterocycles. The molecule has 0 aliphatic carbocycles. The van der Waals surface area contributed by atoms with E-state index in [9.17, 15) is 9.59 Å². The van der Waals surface area contributed by atoms with Crippen LogP contribution in [0.15, 0.2) is 54.6 Å². The van der Waals surface area contributed by atoms with Gasteiger partial charge in [0.05, 0.1) is 0 Å². The van der Waals surface area contributed by atoms with E-state index in [-0.39, 0.29) is 11.8 Å². The SMILES string of the molecule is NCCNC(=O)C(Cc1ccccc1)NC(=O)c1ccc(Cl)cc1. The molecule has 2 aromatic carbocycles. The lowest BCUT2D eigenvalue weighted by Crippen LogP contribution is -2.48. The molecule has 0 spiro atoms. The Morgan fingerprint density at radius 2 is 1.71 bits per heavy atom. The zero-order valence-corrected chi connectivity index (χ0v) is 13.9. The first-order chi connectivity index (χ1) is 11.6. The predicted octanol–water partition coefficient (Wildman–Crippen LogP) is 1.76. The summed E-state index contributed by atoms with van der Waals surface area (Å²) >= 11 is 5.83. The van der Waals surface area contributed by atoms with Crippen LogP contribution < -0.4 is 16.4 Å². The molecule has 2 aromatic rings. The largest absolute Gasteiger partial charge is 0.353 e. The highest BCUT2D eigenvalue weighted by Gasteiger charge is 2.21. The molecule has 5 nitrogen and oxygen atoms in total. The standard InChI is InChI=1S/C18H20ClN3O2/c19-15-8-6-14(7-9-15)17(23)22-16(18(24)21-11-10-20)12-13-4-2-1-3-5-13/h1-9,16H,10-12,20H2,(H,21,24)(H,22,23). The number of carbonyl (C=O) groups excluding carboxylic acids is 2. The molecule has 2 rings (SSSR count). The molecule has 0 heterocycles.